The highest BCUT2D eigenvalue weighted by atomic mass is 19.1. The predicted molar refractivity (Wildman–Crippen MR) is 65.3 cm³/mol. The molecule has 6 heteroatoms. The minimum Gasteiger partial charge on any atom is -0.482 e. The number of nitrogens with one attached hydrogen (secondary N) is 1. The van der Waals surface area contributed by atoms with Crippen LogP contribution in [-0.2, 0) is 6.61 Å². The monoisotopic (exact) mass is 263 g/mol. The zero-order valence-corrected chi connectivity index (χ0v) is 10.3. The molecule has 1 atom stereocenters. The van der Waals surface area contributed by atoms with E-state index < -0.39 is 5.82 Å². The summed E-state index contributed by atoms with van der Waals surface area (Å²) in [5.41, 5.74) is 0. The third-order valence-electron chi connectivity index (χ3n) is 3.09. The fraction of sp³-hybridized carbons (Fsp3) is 0.385. The lowest BCUT2D eigenvalue weighted by Crippen LogP contribution is -2.08. The van der Waals surface area contributed by atoms with Crippen molar-refractivity contribution in [3.8, 4) is 5.75 Å². The first-order chi connectivity index (χ1) is 9.33. The second-order valence-electron chi connectivity index (χ2n) is 4.46. The maximum atomic E-state index is 13.3. The molecule has 0 saturated carbocycles. The fourth-order valence-corrected chi connectivity index (χ4v) is 2.06. The Hall–Kier alpha value is -1.95. The molecule has 1 fully saturated rings. The standard InChI is InChI=1S/C13H14FN3O2/c14-10-3-1-2-4-11(10)18-8-12-16-13(19-17-12)9-5-6-15-7-9/h1-4,9,15H,5-8H2. The Morgan fingerprint density at radius 1 is 1.42 bits per heavy atom. The van der Waals surface area contributed by atoms with Gasteiger partial charge in [-0.25, -0.2) is 4.39 Å². The minimum atomic E-state index is -0.397. The second-order valence-corrected chi connectivity index (χ2v) is 4.46. The highest BCUT2D eigenvalue weighted by Gasteiger charge is 2.22. The van der Waals surface area contributed by atoms with Crippen LogP contribution in [0.4, 0.5) is 4.39 Å². The molecule has 1 aromatic heterocycles. The molecule has 0 amide bonds. The van der Waals surface area contributed by atoms with E-state index in [4.69, 9.17) is 9.26 Å². The molecule has 100 valence electrons. The SMILES string of the molecule is Fc1ccccc1OCc1noc(C2CCNC2)n1. The number of nitrogens with zero attached hydrogens (tertiary/aromatic N) is 2. The smallest absolute Gasteiger partial charge is 0.231 e. The van der Waals surface area contributed by atoms with Crippen molar-refractivity contribution in [2.45, 2.75) is 18.9 Å². The summed E-state index contributed by atoms with van der Waals surface area (Å²) in [6.07, 6.45) is 0.996. The van der Waals surface area contributed by atoms with E-state index in [0.29, 0.717) is 11.7 Å². The molecule has 2 heterocycles. The number of para-hydroxylation sites is 1. The minimum absolute atomic E-state index is 0.102. The second kappa shape index (κ2) is 5.36. The van der Waals surface area contributed by atoms with Crippen molar-refractivity contribution in [2.24, 2.45) is 0 Å². The van der Waals surface area contributed by atoms with E-state index in [1.165, 1.54) is 6.07 Å². The molecular formula is C13H14FN3O2. The van der Waals surface area contributed by atoms with Crippen LogP contribution < -0.4 is 10.1 Å². The first kappa shape index (κ1) is 12.1. The number of rotatable bonds is 4. The van der Waals surface area contributed by atoms with Crippen molar-refractivity contribution in [1.29, 1.82) is 0 Å². The summed E-state index contributed by atoms with van der Waals surface area (Å²) in [4.78, 5) is 4.27. The maximum absolute atomic E-state index is 13.3. The average Bonchev–Trinajstić information content (AvgIpc) is 3.09. The number of halogens is 1. The van der Waals surface area contributed by atoms with Crippen LogP contribution in [0.3, 0.4) is 0 Å². The number of ether oxygens (including phenoxy) is 1. The van der Waals surface area contributed by atoms with Gasteiger partial charge in [0.1, 0.15) is 0 Å². The molecule has 0 spiro atoms. The highest BCUT2D eigenvalue weighted by molar-refractivity contribution is 5.23. The Morgan fingerprint density at radius 2 is 2.32 bits per heavy atom. The van der Waals surface area contributed by atoms with E-state index in [1.807, 2.05) is 0 Å². The van der Waals surface area contributed by atoms with Crippen LogP contribution in [-0.4, -0.2) is 23.2 Å². The molecule has 1 aliphatic rings. The quantitative estimate of drug-likeness (QED) is 0.912. The average molecular weight is 263 g/mol. The summed E-state index contributed by atoms with van der Waals surface area (Å²) in [5, 5.41) is 7.08. The lowest BCUT2D eigenvalue weighted by atomic mass is 10.1. The lowest BCUT2D eigenvalue weighted by Gasteiger charge is -2.03. The molecule has 19 heavy (non-hydrogen) atoms. The Kier molecular flexibility index (Phi) is 3.41. The molecule has 1 aromatic carbocycles. The van der Waals surface area contributed by atoms with E-state index >= 15 is 0 Å². The molecule has 2 aromatic rings. The molecule has 1 unspecified atom stereocenters. The first-order valence-corrected chi connectivity index (χ1v) is 6.23. The van der Waals surface area contributed by atoms with Gasteiger partial charge in [-0.2, -0.15) is 4.98 Å². The van der Waals surface area contributed by atoms with Crippen molar-refractivity contribution in [2.75, 3.05) is 13.1 Å². The zero-order chi connectivity index (χ0) is 13.1. The van der Waals surface area contributed by atoms with Crippen LogP contribution in [0.2, 0.25) is 0 Å². The van der Waals surface area contributed by atoms with Crippen LogP contribution in [0.5, 0.6) is 5.75 Å². The third kappa shape index (κ3) is 2.73. The molecule has 0 radical (unpaired) electrons. The van der Waals surface area contributed by atoms with Gasteiger partial charge < -0.3 is 14.6 Å². The molecule has 5 nitrogen and oxygen atoms in total. The van der Waals surface area contributed by atoms with Gasteiger partial charge in [-0.3, -0.25) is 0 Å². The van der Waals surface area contributed by atoms with Gasteiger partial charge in [0.2, 0.25) is 11.7 Å². The van der Waals surface area contributed by atoms with Gasteiger partial charge in [0.15, 0.2) is 18.2 Å². The van der Waals surface area contributed by atoms with Crippen LogP contribution in [0.1, 0.15) is 24.1 Å². The molecule has 1 aliphatic heterocycles. The van der Waals surface area contributed by atoms with Gasteiger partial charge in [0.05, 0.1) is 5.92 Å². The Balaban J connectivity index is 1.63. The van der Waals surface area contributed by atoms with E-state index in [2.05, 4.69) is 15.5 Å². The van der Waals surface area contributed by atoms with Gasteiger partial charge in [-0.15, -0.1) is 0 Å². The Bertz CT molecular complexity index is 552. The van der Waals surface area contributed by atoms with Gasteiger partial charge in [-0.1, -0.05) is 17.3 Å². The summed E-state index contributed by atoms with van der Waals surface area (Å²) in [5.74, 6) is 1.12. The number of benzene rings is 1. The van der Waals surface area contributed by atoms with Gasteiger partial charge in [0.25, 0.3) is 0 Å². The van der Waals surface area contributed by atoms with Crippen LogP contribution in [0.25, 0.3) is 0 Å². The molecule has 1 N–H and O–H groups in total. The molecule has 0 bridgehead atoms. The Morgan fingerprint density at radius 3 is 3.11 bits per heavy atom. The molecular weight excluding hydrogens is 249 g/mol. The lowest BCUT2D eigenvalue weighted by molar-refractivity contribution is 0.272. The number of aromatic nitrogens is 2. The van der Waals surface area contributed by atoms with Gasteiger partial charge in [-0.05, 0) is 25.1 Å². The maximum Gasteiger partial charge on any atom is 0.231 e. The molecule has 1 saturated heterocycles. The van der Waals surface area contributed by atoms with Gasteiger partial charge >= 0.3 is 0 Å². The Labute approximate surface area is 109 Å². The van der Waals surface area contributed by atoms with Crippen LogP contribution in [0.15, 0.2) is 28.8 Å². The van der Waals surface area contributed by atoms with E-state index in [-0.39, 0.29) is 18.3 Å². The third-order valence-corrected chi connectivity index (χ3v) is 3.09. The van der Waals surface area contributed by atoms with Crippen molar-refractivity contribution in [3.63, 3.8) is 0 Å². The summed E-state index contributed by atoms with van der Waals surface area (Å²) < 4.78 is 23.9. The number of hydrogen-bond acceptors (Lipinski definition) is 5. The van der Waals surface area contributed by atoms with Crippen LogP contribution in [0, 0.1) is 5.82 Å². The molecule has 0 aliphatic carbocycles. The van der Waals surface area contributed by atoms with E-state index in [1.54, 1.807) is 18.2 Å². The predicted octanol–water partition coefficient (Wildman–Crippen LogP) is 1.86. The summed E-state index contributed by atoms with van der Waals surface area (Å²) in [6.45, 7) is 1.93. The summed E-state index contributed by atoms with van der Waals surface area (Å²) in [6, 6.07) is 6.24. The van der Waals surface area contributed by atoms with Crippen LogP contribution >= 0.6 is 0 Å². The number of hydrogen-bond donors (Lipinski definition) is 1. The van der Waals surface area contributed by atoms with Crippen molar-refractivity contribution in [1.82, 2.24) is 15.5 Å². The highest BCUT2D eigenvalue weighted by Crippen LogP contribution is 2.21. The van der Waals surface area contributed by atoms with E-state index in [0.717, 1.165) is 19.5 Å². The zero-order valence-electron chi connectivity index (χ0n) is 10.3. The van der Waals surface area contributed by atoms with Crippen molar-refractivity contribution < 1.29 is 13.7 Å². The normalized spacial score (nSPS) is 18.7. The fourth-order valence-electron chi connectivity index (χ4n) is 2.06. The van der Waals surface area contributed by atoms with E-state index in [9.17, 15) is 4.39 Å². The summed E-state index contributed by atoms with van der Waals surface area (Å²) >= 11 is 0. The topological polar surface area (TPSA) is 60.2 Å². The first-order valence-electron chi connectivity index (χ1n) is 6.23. The van der Waals surface area contributed by atoms with Crippen molar-refractivity contribution in [3.05, 3.63) is 41.8 Å². The summed E-state index contributed by atoms with van der Waals surface area (Å²) in [7, 11) is 0. The largest absolute Gasteiger partial charge is 0.482 e. The van der Waals surface area contributed by atoms with Crippen molar-refractivity contribution >= 4 is 0 Å². The molecule has 3 rings (SSSR count). The van der Waals surface area contributed by atoms with Gasteiger partial charge in [0, 0.05) is 6.54 Å².